The summed E-state index contributed by atoms with van der Waals surface area (Å²) < 4.78 is 33.6. The van der Waals surface area contributed by atoms with Gasteiger partial charge in [-0.2, -0.15) is 0 Å². The van der Waals surface area contributed by atoms with Crippen LogP contribution < -0.4 is 0 Å². The van der Waals surface area contributed by atoms with Crippen LogP contribution in [0.4, 0.5) is 0 Å². The molecule has 3 aliphatic rings. The van der Waals surface area contributed by atoms with Crippen LogP contribution in [-0.2, 0) is 14.8 Å². The molecule has 7 heteroatoms. The fourth-order valence-corrected chi connectivity index (χ4v) is 8.77. The van der Waals surface area contributed by atoms with Gasteiger partial charge in [0.25, 0.3) is 0 Å². The molecule has 2 aliphatic carbocycles. The predicted octanol–water partition coefficient (Wildman–Crippen LogP) is 3.48. The highest BCUT2D eigenvalue weighted by atomic mass is 32.2. The average molecular weight is 398 g/mol. The highest BCUT2D eigenvalue weighted by Gasteiger charge is 2.65. The quantitative estimate of drug-likeness (QED) is 0.778. The minimum absolute atomic E-state index is 0.0155. The predicted molar refractivity (Wildman–Crippen MR) is 102 cm³/mol. The van der Waals surface area contributed by atoms with E-state index in [0.717, 1.165) is 30.8 Å². The number of nitrogens with zero attached hydrogens (tertiary/aromatic N) is 1. The summed E-state index contributed by atoms with van der Waals surface area (Å²) in [7, 11) is -3.46. The van der Waals surface area contributed by atoms with Crippen molar-refractivity contribution < 1.29 is 17.6 Å². The van der Waals surface area contributed by atoms with Gasteiger partial charge in [-0.3, -0.25) is 4.79 Å². The number of thioether (sulfide) groups is 1. The van der Waals surface area contributed by atoms with E-state index in [2.05, 4.69) is 13.8 Å². The van der Waals surface area contributed by atoms with Crippen molar-refractivity contribution in [3.63, 3.8) is 0 Å². The Labute approximate surface area is 159 Å². The minimum Gasteiger partial charge on any atom is -0.468 e. The smallest absolute Gasteiger partial charge is 0.215 e. The summed E-state index contributed by atoms with van der Waals surface area (Å²) in [4.78, 5) is 12.7. The van der Waals surface area contributed by atoms with E-state index in [0.29, 0.717) is 25.4 Å². The van der Waals surface area contributed by atoms with Gasteiger partial charge in [-0.05, 0) is 42.7 Å². The molecule has 1 aliphatic heterocycles. The molecular formula is C19H27NO4S2. The van der Waals surface area contributed by atoms with Gasteiger partial charge in [-0.25, -0.2) is 12.7 Å². The van der Waals surface area contributed by atoms with Crippen molar-refractivity contribution in [2.24, 2.45) is 16.7 Å². The van der Waals surface area contributed by atoms with Gasteiger partial charge in [-0.1, -0.05) is 13.8 Å². The summed E-state index contributed by atoms with van der Waals surface area (Å²) in [6.07, 6.45) is 4.66. The summed E-state index contributed by atoms with van der Waals surface area (Å²) in [6, 6.07) is 3.83. The van der Waals surface area contributed by atoms with Crippen LogP contribution in [0.25, 0.3) is 0 Å². The molecule has 1 aromatic heterocycles. The second-order valence-corrected chi connectivity index (χ2v) is 11.8. The number of hydrogen-bond donors (Lipinski definition) is 0. The van der Waals surface area contributed by atoms with Crippen LogP contribution in [0.15, 0.2) is 22.8 Å². The van der Waals surface area contributed by atoms with E-state index in [4.69, 9.17) is 4.42 Å². The normalized spacial score (nSPS) is 34.9. The molecule has 0 N–H and O–H groups in total. The molecule has 1 aromatic rings. The van der Waals surface area contributed by atoms with Gasteiger partial charge in [-0.15, -0.1) is 11.8 Å². The Balaban J connectivity index is 1.51. The lowest BCUT2D eigenvalue weighted by molar-refractivity contribution is -0.128. The largest absolute Gasteiger partial charge is 0.468 e. The first-order valence-electron chi connectivity index (χ1n) is 9.42. The van der Waals surface area contributed by atoms with Gasteiger partial charge in [0.05, 0.1) is 17.3 Å². The first kappa shape index (κ1) is 18.6. The molecule has 0 aromatic carbocycles. The summed E-state index contributed by atoms with van der Waals surface area (Å²) in [5.41, 5.74) is -0.898. The average Bonchev–Trinajstić information content (AvgIpc) is 3.14. The SMILES string of the molecule is CC1(C)C2CCC1(CS(=O)(=O)N1CCSC(c3ccco3)CC1)C(=O)C2. The third-order valence-corrected chi connectivity index (χ3v) is 10.4. The molecular weight excluding hydrogens is 370 g/mol. The lowest BCUT2D eigenvalue weighted by Crippen LogP contribution is -2.47. The molecule has 3 unspecified atom stereocenters. The van der Waals surface area contributed by atoms with Crippen molar-refractivity contribution in [3.8, 4) is 0 Å². The zero-order valence-corrected chi connectivity index (χ0v) is 17.1. The topological polar surface area (TPSA) is 67.6 Å². The molecule has 2 saturated carbocycles. The highest BCUT2D eigenvalue weighted by molar-refractivity contribution is 7.99. The van der Waals surface area contributed by atoms with Crippen LogP contribution in [0, 0.1) is 16.7 Å². The van der Waals surface area contributed by atoms with Gasteiger partial charge >= 0.3 is 0 Å². The summed E-state index contributed by atoms with van der Waals surface area (Å²) in [5, 5.41) is 0.198. The number of Topliss-reactive ketones (excluding diaryl/α,β-unsaturated/α-hetero) is 1. The number of ketones is 1. The van der Waals surface area contributed by atoms with Crippen LogP contribution in [0.1, 0.15) is 50.5 Å². The Morgan fingerprint density at radius 1 is 1.31 bits per heavy atom. The van der Waals surface area contributed by atoms with E-state index < -0.39 is 15.4 Å². The maximum Gasteiger partial charge on any atom is 0.215 e. The Bertz CT molecular complexity index is 786. The lowest BCUT2D eigenvalue weighted by Gasteiger charge is -2.37. The summed E-state index contributed by atoms with van der Waals surface area (Å²) >= 11 is 1.75. The van der Waals surface area contributed by atoms with Crippen molar-refractivity contribution in [1.82, 2.24) is 4.31 Å². The molecule has 2 heterocycles. The van der Waals surface area contributed by atoms with Gasteiger partial charge in [0.15, 0.2) is 0 Å². The van der Waals surface area contributed by atoms with Crippen molar-refractivity contribution in [2.75, 3.05) is 24.6 Å². The number of fused-ring (bicyclic) bond motifs is 2. The van der Waals surface area contributed by atoms with E-state index in [9.17, 15) is 13.2 Å². The monoisotopic (exact) mass is 397 g/mol. The second-order valence-electron chi connectivity index (χ2n) is 8.49. The van der Waals surface area contributed by atoms with Crippen molar-refractivity contribution >= 4 is 27.6 Å². The zero-order chi connectivity index (χ0) is 18.6. The number of rotatable bonds is 4. The van der Waals surface area contributed by atoms with E-state index in [-0.39, 0.29) is 22.2 Å². The zero-order valence-electron chi connectivity index (χ0n) is 15.4. The van der Waals surface area contributed by atoms with Crippen LogP contribution in [0.5, 0.6) is 0 Å². The van der Waals surface area contributed by atoms with Gasteiger partial charge in [0.2, 0.25) is 10.0 Å². The third-order valence-electron chi connectivity index (χ3n) is 7.12. The Morgan fingerprint density at radius 3 is 2.73 bits per heavy atom. The van der Waals surface area contributed by atoms with Crippen molar-refractivity contribution in [3.05, 3.63) is 24.2 Å². The molecule has 2 bridgehead atoms. The Kier molecular flexibility index (Phi) is 4.56. The van der Waals surface area contributed by atoms with E-state index in [1.807, 2.05) is 12.1 Å². The summed E-state index contributed by atoms with van der Waals surface area (Å²) in [5.74, 6) is 2.16. The van der Waals surface area contributed by atoms with E-state index in [1.54, 1.807) is 22.3 Å². The molecule has 4 rings (SSSR count). The Morgan fingerprint density at radius 2 is 2.12 bits per heavy atom. The van der Waals surface area contributed by atoms with Gasteiger partial charge < -0.3 is 4.42 Å². The van der Waals surface area contributed by atoms with Crippen LogP contribution in [-0.4, -0.2) is 43.1 Å². The van der Waals surface area contributed by atoms with Crippen LogP contribution >= 0.6 is 11.8 Å². The van der Waals surface area contributed by atoms with E-state index >= 15 is 0 Å². The number of carbonyl (C=O) groups is 1. The summed E-state index contributed by atoms with van der Waals surface area (Å²) in [6.45, 7) is 5.19. The Hall–Kier alpha value is -0.790. The minimum atomic E-state index is -3.46. The molecule has 26 heavy (non-hydrogen) atoms. The van der Waals surface area contributed by atoms with Crippen LogP contribution in [0.2, 0.25) is 0 Å². The first-order valence-corrected chi connectivity index (χ1v) is 12.1. The molecule has 144 valence electrons. The van der Waals surface area contributed by atoms with Crippen LogP contribution in [0.3, 0.4) is 0 Å². The maximum absolute atomic E-state index is 13.2. The molecule has 0 amide bonds. The van der Waals surface area contributed by atoms with Gasteiger partial charge in [0.1, 0.15) is 11.5 Å². The lowest BCUT2D eigenvalue weighted by atomic mass is 9.70. The highest BCUT2D eigenvalue weighted by Crippen LogP contribution is 2.64. The number of furan rings is 1. The molecule has 3 fully saturated rings. The fraction of sp³-hybridized carbons (Fsp3) is 0.737. The van der Waals surface area contributed by atoms with E-state index in [1.165, 1.54) is 0 Å². The molecule has 5 nitrogen and oxygen atoms in total. The van der Waals surface area contributed by atoms with Crippen molar-refractivity contribution in [2.45, 2.75) is 44.8 Å². The molecule has 0 spiro atoms. The molecule has 1 saturated heterocycles. The third kappa shape index (κ3) is 2.78. The maximum atomic E-state index is 13.2. The number of sulfonamides is 1. The second kappa shape index (κ2) is 6.38. The molecule has 0 radical (unpaired) electrons. The molecule has 3 atom stereocenters. The van der Waals surface area contributed by atoms with Crippen molar-refractivity contribution in [1.29, 1.82) is 0 Å². The number of carbonyl (C=O) groups excluding carboxylic acids is 1. The first-order chi connectivity index (χ1) is 12.3. The van der Waals surface area contributed by atoms with Gasteiger partial charge in [0, 0.05) is 30.7 Å². The standard InChI is InChI=1S/C19H27NO4S2/c1-18(2)14-5-7-19(18,17(21)12-14)13-26(22,23)20-8-6-16(25-11-9-20)15-4-3-10-24-15/h3-4,10,14,16H,5-9,11-13H2,1-2H3. The fourth-order valence-electron chi connectivity index (χ4n) is 5.24. The number of hydrogen-bond acceptors (Lipinski definition) is 5.